The summed E-state index contributed by atoms with van der Waals surface area (Å²) in [5.74, 6) is 0.717. The van der Waals surface area contributed by atoms with Crippen LogP contribution >= 0.6 is 0 Å². The number of hydrogen-bond donors (Lipinski definition) is 3. The molecule has 1 fully saturated rings. The number of carbonyl (C=O) groups excluding carboxylic acids is 1. The van der Waals surface area contributed by atoms with E-state index in [1.807, 2.05) is 18.2 Å². The summed E-state index contributed by atoms with van der Waals surface area (Å²) < 4.78 is 5.43. The summed E-state index contributed by atoms with van der Waals surface area (Å²) in [7, 11) is 0. The van der Waals surface area contributed by atoms with Crippen LogP contribution in [0.2, 0.25) is 0 Å². The van der Waals surface area contributed by atoms with Gasteiger partial charge in [-0.25, -0.2) is 4.98 Å². The number of H-pyrrole nitrogens is 1. The van der Waals surface area contributed by atoms with E-state index in [1.54, 1.807) is 0 Å². The summed E-state index contributed by atoms with van der Waals surface area (Å²) in [4.78, 5) is 21.7. The van der Waals surface area contributed by atoms with Crippen LogP contribution < -0.4 is 15.5 Å². The molecule has 5 rings (SSSR count). The van der Waals surface area contributed by atoms with Gasteiger partial charge in [0.15, 0.2) is 0 Å². The molecule has 1 aliphatic rings. The number of nitrogens with zero attached hydrogens (tertiary/aromatic N) is 2. The van der Waals surface area contributed by atoms with Crippen LogP contribution in [0, 0.1) is 0 Å². The molecule has 1 aromatic heterocycles. The Hall–Kier alpha value is -3.84. The van der Waals surface area contributed by atoms with Gasteiger partial charge in [0.2, 0.25) is 5.91 Å². The van der Waals surface area contributed by atoms with Gasteiger partial charge in [0.1, 0.15) is 5.82 Å². The van der Waals surface area contributed by atoms with Crippen molar-refractivity contribution in [2.24, 2.45) is 0 Å². The Morgan fingerprint density at radius 3 is 2.45 bits per heavy atom. The molecule has 4 aromatic rings. The van der Waals surface area contributed by atoms with Gasteiger partial charge in [-0.05, 0) is 48.0 Å². The second-order valence-electron chi connectivity index (χ2n) is 8.20. The van der Waals surface area contributed by atoms with Crippen LogP contribution in [0.1, 0.15) is 12.5 Å². The van der Waals surface area contributed by atoms with Gasteiger partial charge in [0.25, 0.3) is 0 Å². The Morgan fingerprint density at radius 2 is 1.73 bits per heavy atom. The molecule has 0 aliphatic carbocycles. The lowest BCUT2D eigenvalue weighted by molar-refractivity contribution is -0.114. The fraction of sp³-hybridized carbons (Fsp3) is 0.231. The van der Waals surface area contributed by atoms with E-state index in [0.29, 0.717) is 0 Å². The van der Waals surface area contributed by atoms with Crippen molar-refractivity contribution in [1.29, 1.82) is 0 Å². The maximum atomic E-state index is 11.3. The molecule has 1 aliphatic heterocycles. The maximum absolute atomic E-state index is 11.3. The van der Waals surface area contributed by atoms with E-state index in [-0.39, 0.29) is 5.91 Å². The molecule has 0 unspecified atom stereocenters. The van der Waals surface area contributed by atoms with Gasteiger partial charge in [0, 0.05) is 49.2 Å². The van der Waals surface area contributed by atoms with Gasteiger partial charge in [-0.15, -0.1) is 0 Å². The average Bonchev–Trinajstić information content (AvgIpc) is 3.27. The minimum atomic E-state index is -0.0914. The zero-order valence-corrected chi connectivity index (χ0v) is 18.6. The summed E-state index contributed by atoms with van der Waals surface area (Å²) in [6, 6.07) is 22.6. The number of hydrogen-bond acceptors (Lipinski definition) is 5. The normalized spacial score (nSPS) is 13.8. The molecule has 0 saturated carbocycles. The molecule has 1 amide bonds. The number of imidazole rings is 1. The van der Waals surface area contributed by atoms with Crippen LogP contribution in [0.15, 0.2) is 66.7 Å². The van der Waals surface area contributed by atoms with Crippen molar-refractivity contribution >= 4 is 34.0 Å². The van der Waals surface area contributed by atoms with Crippen LogP contribution in [0.25, 0.3) is 22.4 Å². The van der Waals surface area contributed by atoms with Gasteiger partial charge in [-0.3, -0.25) is 4.79 Å². The highest BCUT2D eigenvalue weighted by Gasteiger charge is 2.11. The zero-order valence-electron chi connectivity index (χ0n) is 18.6. The largest absolute Gasteiger partial charge is 0.381 e. The third-order valence-corrected chi connectivity index (χ3v) is 5.77. The molecule has 7 nitrogen and oxygen atoms in total. The lowest BCUT2D eigenvalue weighted by Gasteiger charge is -2.28. The summed E-state index contributed by atoms with van der Waals surface area (Å²) >= 11 is 0. The highest BCUT2D eigenvalue weighted by molar-refractivity contribution is 5.92. The number of fused-ring (bicyclic) bond motifs is 1. The van der Waals surface area contributed by atoms with E-state index in [9.17, 15) is 4.79 Å². The summed E-state index contributed by atoms with van der Waals surface area (Å²) in [5, 5.41) is 6.29. The Bertz CT molecular complexity index is 1240. The van der Waals surface area contributed by atoms with Crippen molar-refractivity contribution in [3.05, 3.63) is 72.3 Å². The highest BCUT2D eigenvalue weighted by atomic mass is 16.5. The molecule has 33 heavy (non-hydrogen) atoms. The van der Waals surface area contributed by atoms with Gasteiger partial charge in [-0.1, -0.05) is 24.3 Å². The molecule has 1 saturated heterocycles. The van der Waals surface area contributed by atoms with Crippen molar-refractivity contribution < 1.29 is 9.53 Å². The Balaban J connectivity index is 1.22. The lowest BCUT2D eigenvalue weighted by Crippen LogP contribution is -2.36. The second kappa shape index (κ2) is 9.34. The van der Waals surface area contributed by atoms with E-state index in [1.165, 1.54) is 18.2 Å². The van der Waals surface area contributed by atoms with Crippen LogP contribution in [0.4, 0.5) is 17.1 Å². The maximum Gasteiger partial charge on any atom is 0.221 e. The average molecular weight is 442 g/mol. The number of anilines is 3. The van der Waals surface area contributed by atoms with Crippen molar-refractivity contribution in [2.75, 3.05) is 41.8 Å². The number of aromatic nitrogens is 2. The van der Waals surface area contributed by atoms with Gasteiger partial charge >= 0.3 is 0 Å². The first kappa shape index (κ1) is 21.0. The van der Waals surface area contributed by atoms with Gasteiger partial charge < -0.3 is 25.3 Å². The Morgan fingerprint density at radius 1 is 1.00 bits per heavy atom. The molecule has 3 aromatic carbocycles. The standard InChI is InChI=1S/C26H27N5O2/c1-18(32)28-22-8-11-24-25(16-22)30-26(29-24)20-4-2-19(3-5-20)17-27-21-6-9-23(10-7-21)31-12-14-33-15-13-31/h2-11,16,27H,12-15,17H2,1H3,(H,28,32)(H,29,30). The second-order valence-corrected chi connectivity index (χ2v) is 8.20. The Labute approximate surface area is 192 Å². The van der Waals surface area contributed by atoms with Crippen LogP contribution in [-0.4, -0.2) is 42.2 Å². The minimum Gasteiger partial charge on any atom is -0.381 e. The van der Waals surface area contributed by atoms with Crippen molar-refractivity contribution in [1.82, 2.24) is 9.97 Å². The third kappa shape index (κ3) is 4.99. The quantitative estimate of drug-likeness (QED) is 0.406. The van der Waals surface area contributed by atoms with E-state index in [0.717, 1.165) is 66.6 Å². The van der Waals surface area contributed by atoms with E-state index in [2.05, 4.69) is 74.0 Å². The predicted octanol–water partition coefficient (Wildman–Crippen LogP) is 4.64. The lowest BCUT2D eigenvalue weighted by atomic mass is 10.1. The highest BCUT2D eigenvalue weighted by Crippen LogP contribution is 2.24. The monoisotopic (exact) mass is 441 g/mol. The smallest absolute Gasteiger partial charge is 0.221 e. The molecule has 0 spiro atoms. The third-order valence-electron chi connectivity index (χ3n) is 5.77. The Kier molecular flexibility index (Phi) is 5.95. The van der Waals surface area contributed by atoms with Gasteiger partial charge in [0.05, 0.1) is 24.2 Å². The molecular weight excluding hydrogens is 414 g/mol. The summed E-state index contributed by atoms with van der Waals surface area (Å²) in [6.07, 6.45) is 0. The van der Waals surface area contributed by atoms with E-state index < -0.39 is 0 Å². The fourth-order valence-electron chi connectivity index (χ4n) is 4.02. The molecule has 0 bridgehead atoms. The minimum absolute atomic E-state index is 0.0914. The summed E-state index contributed by atoms with van der Waals surface area (Å²) in [6.45, 7) is 5.73. The van der Waals surface area contributed by atoms with E-state index >= 15 is 0 Å². The fourth-order valence-corrected chi connectivity index (χ4v) is 4.02. The first-order valence-corrected chi connectivity index (χ1v) is 11.2. The van der Waals surface area contributed by atoms with Crippen molar-refractivity contribution in [3.63, 3.8) is 0 Å². The number of amides is 1. The number of benzene rings is 3. The molecule has 7 heteroatoms. The number of aromatic amines is 1. The first-order valence-electron chi connectivity index (χ1n) is 11.2. The van der Waals surface area contributed by atoms with Crippen molar-refractivity contribution in [2.45, 2.75) is 13.5 Å². The SMILES string of the molecule is CC(=O)Nc1ccc2nc(-c3ccc(CNc4ccc(N5CCOCC5)cc4)cc3)[nH]c2c1. The molecule has 168 valence electrons. The van der Waals surface area contributed by atoms with Crippen LogP contribution in [0.3, 0.4) is 0 Å². The predicted molar refractivity (Wildman–Crippen MR) is 133 cm³/mol. The molecule has 3 N–H and O–H groups in total. The number of morpholine rings is 1. The van der Waals surface area contributed by atoms with Gasteiger partial charge in [-0.2, -0.15) is 0 Å². The van der Waals surface area contributed by atoms with Crippen LogP contribution in [-0.2, 0) is 16.1 Å². The first-order chi connectivity index (χ1) is 16.1. The molecular formula is C26H27N5O2. The van der Waals surface area contributed by atoms with Crippen LogP contribution in [0.5, 0.6) is 0 Å². The number of nitrogens with one attached hydrogen (secondary N) is 3. The van der Waals surface area contributed by atoms with Crippen molar-refractivity contribution in [3.8, 4) is 11.4 Å². The molecule has 0 atom stereocenters. The zero-order chi connectivity index (χ0) is 22.6. The molecule has 0 radical (unpaired) electrons. The molecule has 2 heterocycles. The van der Waals surface area contributed by atoms with E-state index in [4.69, 9.17) is 4.74 Å². The number of carbonyl (C=O) groups is 1. The number of rotatable bonds is 6. The topological polar surface area (TPSA) is 82.3 Å². The summed E-state index contributed by atoms with van der Waals surface area (Å²) in [5.41, 5.74) is 7.06. The number of ether oxygens (including phenoxy) is 1.